The highest BCUT2D eigenvalue weighted by Crippen LogP contribution is 2.06. The van der Waals surface area contributed by atoms with Gasteiger partial charge in [-0.05, 0) is 22.6 Å². The van der Waals surface area contributed by atoms with Gasteiger partial charge in [0.25, 0.3) is 5.56 Å². The predicted octanol–water partition coefficient (Wildman–Crippen LogP) is -0.248. The number of esters is 1. The Balaban J connectivity index is 3.35. The summed E-state index contributed by atoms with van der Waals surface area (Å²) >= 11 is 1.84. The first kappa shape index (κ1) is 12.9. The van der Waals surface area contributed by atoms with Gasteiger partial charge in [0.15, 0.2) is 0 Å². The first-order valence-corrected chi connectivity index (χ1v) is 5.52. The Kier molecular flexibility index (Phi) is 3.89. The summed E-state index contributed by atoms with van der Waals surface area (Å²) in [5.74, 6) is -0.455. The Morgan fingerprint density at radius 2 is 1.88 bits per heavy atom. The minimum atomic E-state index is -0.455. The van der Waals surface area contributed by atoms with Crippen LogP contribution in [0.1, 0.15) is 12.6 Å². The summed E-state index contributed by atoms with van der Waals surface area (Å²) in [5, 5.41) is 0. The number of aromatic nitrogens is 2. The van der Waals surface area contributed by atoms with E-state index in [0.29, 0.717) is 9.26 Å². The number of hydrogen-bond acceptors (Lipinski definition) is 4. The molecule has 0 unspecified atom stereocenters. The van der Waals surface area contributed by atoms with E-state index in [1.807, 2.05) is 22.6 Å². The molecule has 1 aromatic heterocycles. The number of carbonyl (C=O) groups is 1. The van der Waals surface area contributed by atoms with Crippen molar-refractivity contribution >= 4 is 28.6 Å². The second-order valence-corrected chi connectivity index (χ2v) is 4.33. The van der Waals surface area contributed by atoms with E-state index in [-0.39, 0.29) is 12.2 Å². The molecule has 0 atom stereocenters. The largest absolute Gasteiger partial charge is 0.459 e. The van der Waals surface area contributed by atoms with Gasteiger partial charge in [-0.3, -0.25) is 18.7 Å². The van der Waals surface area contributed by atoms with Gasteiger partial charge in [0.1, 0.15) is 10.2 Å². The van der Waals surface area contributed by atoms with Crippen LogP contribution in [-0.4, -0.2) is 15.1 Å². The molecular formula is C9H11IN2O4. The van der Waals surface area contributed by atoms with E-state index in [9.17, 15) is 14.4 Å². The van der Waals surface area contributed by atoms with E-state index in [4.69, 9.17) is 4.74 Å². The summed E-state index contributed by atoms with van der Waals surface area (Å²) in [6.07, 6.45) is 0. The van der Waals surface area contributed by atoms with Crippen molar-refractivity contribution < 1.29 is 9.53 Å². The van der Waals surface area contributed by atoms with Crippen molar-refractivity contribution in [1.29, 1.82) is 0 Å². The lowest BCUT2D eigenvalue weighted by Crippen LogP contribution is -2.40. The molecule has 0 saturated carbocycles. The van der Waals surface area contributed by atoms with Crippen molar-refractivity contribution in [2.75, 3.05) is 0 Å². The van der Waals surface area contributed by atoms with Crippen LogP contribution in [0.5, 0.6) is 0 Å². The van der Waals surface area contributed by atoms with Crippen molar-refractivity contribution in [2.45, 2.75) is 13.5 Å². The Bertz CT molecular complexity index is 506. The van der Waals surface area contributed by atoms with Crippen molar-refractivity contribution in [2.24, 2.45) is 14.1 Å². The van der Waals surface area contributed by atoms with E-state index in [1.165, 1.54) is 25.6 Å². The van der Waals surface area contributed by atoms with Gasteiger partial charge in [-0.15, -0.1) is 0 Å². The number of carbonyl (C=O) groups excluding carboxylic acids is 1. The molecule has 0 N–H and O–H groups in total. The van der Waals surface area contributed by atoms with Gasteiger partial charge >= 0.3 is 11.7 Å². The summed E-state index contributed by atoms with van der Waals surface area (Å²) in [6.45, 7) is 1.20. The molecule has 0 aliphatic carbocycles. The molecule has 6 nitrogen and oxygen atoms in total. The van der Waals surface area contributed by atoms with Crippen LogP contribution in [0.15, 0.2) is 9.59 Å². The predicted molar refractivity (Wildman–Crippen MR) is 65.1 cm³/mol. The molecule has 1 rings (SSSR count). The number of hydrogen-bond donors (Lipinski definition) is 0. The topological polar surface area (TPSA) is 70.3 Å². The van der Waals surface area contributed by atoms with E-state index < -0.39 is 11.7 Å². The molecule has 0 bridgehead atoms. The van der Waals surface area contributed by atoms with Gasteiger partial charge in [0.05, 0.1) is 5.69 Å². The molecule has 1 heterocycles. The van der Waals surface area contributed by atoms with Gasteiger partial charge in [0.2, 0.25) is 0 Å². The Morgan fingerprint density at radius 3 is 2.38 bits per heavy atom. The Hall–Kier alpha value is -1.12. The average molecular weight is 338 g/mol. The molecule has 88 valence electrons. The first-order valence-electron chi connectivity index (χ1n) is 4.44. The van der Waals surface area contributed by atoms with Crippen molar-refractivity contribution in [3.8, 4) is 0 Å². The summed E-state index contributed by atoms with van der Waals surface area (Å²) in [6, 6.07) is 0. The minimum absolute atomic E-state index is 0.0740. The maximum Gasteiger partial charge on any atom is 0.330 e. The molecule has 7 heteroatoms. The third-order valence-electron chi connectivity index (χ3n) is 2.14. The quantitative estimate of drug-likeness (QED) is 0.551. The van der Waals surface area contributed by atoms with Crippen LogP contribution in [0.2, 0.25) is 0 Å². The maximum absolute atomic E-state index is 11.6. The van der Waals surface area contributed by atoms with Crippen LogP contribution in [-0.2, 0) is 30.2 Å². The normalized spacial score (nSPS) is 10.2. The number of ether oxygens (including phenoxy) is 1. The summed E-state index contributed by atoms with van der Waals surface area (Å²) < 4.78 is 7.48. The highest BCUT2D eigenvalue weighted by atomic mass is 127. The van der Waals surface area contributed by atoms with Gasteiger partial charge in [-0.25, -0.2) is 4.79 Å². The average Bonchev–Trinajstić information content (AvgIpc) is 2.23. The Labute approximate surface area is 105 Å². The van der Waals surface area contributed by atoms with Crippen LogP contribution in [0, 0.1) is 3.57 Å². The fourth-order valence-corrected chi connectivity index (χ4v) is 2.05. The smallest absolute Gasteiger partial charge is 0.330 e. The number of nitrogens with zero attached hydrogens (tertiary/aromatic N) is 2. The number of halogens is 1. The molecule has 16 heavy (non-hydrogen) atoms. The second kappa shape index (κ2) is 4.81. The van der Waals surface area contributed by atoms with Crippen LogP contribution in [0.25, 0.3) is 0 Å². The highest BCUT2D eigenvalue weighted by molar-refractivity contribution is 14.1. The van der Waals surface area contributed by atoms with Gasteiger partial charge in [-0.1, -0.05) is 0 Å². The summed E-state index contributed by atoms with van der Waals surface area (Å²) in [5.41, 5.74) is -0.415. The zero-order valence-corrected chi connectivity index (χ0v) is 11.3. The molecule has 0 amide bonds. The molecule has 0 aliphatic heterocycles. The fraction of sp³-hybridized carbons (Fsp3) is 0.444. The molecule has 0 saturated heterocycles. The van der Waals surface area contributed by atoms with E-state index in [0.717, 1.165) is 4.57 Å². The maximum atomic E-state index is 11.6. The third-order valence-corrected chi connectivity index (χ3v) is 3.22. The molecule has 1 aromatic rings. The van der Waals surface area contributed by atoms with Crippen molar-refractivity contribution in [3.63, 3.8) is 0 Å². The van der Waals surface area contributed by atoms with Crippen molar-refractivity contribution in [1.82, 2.24) is 9.13 Å². The standard InChI is InChI=1S/C9H11IN2O4/c1-5(13)16-4-6-7(10)8(14)12(3)9(15)11(6)2/h4H2,1-3H3. The lowest BCUT2D eigenvalue weighted by atomic mass is 10.4. The Morgan fingerprint density at radius 1 is 1.31 bits per heavy atom. The molecule has 0 aromatic carbocycles. The van der Waals surface area contributed by atoms with Gasteiger partial charge < -0.3 is 4.74 Å². The number of rotatable bonds is 2. The van der Waals surface area contributed by atoms with E-state index in [2.05, 4.69) is 0 Å². The van der Waals surface area contributed by atoms with Crippen LogP contribution < -0.4 is 11.2 Å². The zero-order chi connectivity index (χ0) is 12.5. The molecule has 0 spiro atoms. The summed E-state index contributed by atoms with van der Waals surface area (Å²) in [4.78, 5) is 33.9. The molecule has 0 aliphatic rings. The third kappa shape index (κ3) is 2.34. The van der Waals surface area contributed by atoms with Crippen molar-refractivity contribution in [3.05, 3.63) is 30.1 Å². The molecule has 0 fully saturated rings. The zero-order valence-electron chi connectivity index (χ0n) is 9.11. The van der Waals surface area contributed by atoms with Crippen LogP contribution >= 0.6 is 22.6 Å². The lowest BCUT2D eigenvalue weighted by Gasteiger charge is -2.11. The fourth-order valence-electron chi connectivity index (χ4n) is 1.18. The summed E-state index contributed by atoms with van der Waals surface area (Å²) in [7, 11) is 2.94. The SMILES string of the molecule is CC(=O)OCc1c(I)c(=O)n(C)c(=O)n1C. The van der Waals surface area contributed by atoms with Gasteiger partial charge in [0, 0.05) is 21.0 Å². The minimum Gasteiger partial charge on any atom is -0.459 e. The van der Waals surface area contributed by atoms with E-state index >= 15 is 0 Å². The molecule has 0 radical (unpaired) electrons. The first-order chi connectivity index (χ1) is 7.36. The van der Waals surface area contributed by atoms with Gasteiger partial charge in [-0.2, -0.15) is 0 Å². The monoisotopic (exact) mass is 338 g/mol. The second-order valence-electron chi connectivity index (χ2n) is 3.25. The lowest BCUT2D eigenvalue weighted by molar-refractivity contribution is -0.142. The van der Waals surface area contributed by atoms with Crippen LogP contribution in [0.4, 0.5) is 0 Å². The van der Waals surface area contributed by atoms with E-state index in [1.54, 1.807) is 0 Å². The highest BCUT2D eigenvalue weighted by Gasteiger charge is 2.13. The van der Waals surface area contributed by atoms with Crippen LogP contribution in [0.3, 0.4) is 0 Å². The molecular weight excluding hydrogens is 327 g/mol.